The second-order valence-corrected chi connectivity index (χ2v) is 9.08. The smallest absolute Gasteiger partial charge is 0.263 e. The lowest BCUT2D eigenvalue weighted by Gasteiger charge is -2.09. The molecule has 0 aliphatic carbocycles. The van der Waals surface area contributed by atoms with Crippen molar-refractivity contribution >= 4 is 62.0 Å². The SMILES string of the molecule is CCn1c(SCC(=O)c2ccc(Cl)s2)nc2sc(C)c(C)c2c1=O. The van der Waals surface area contributed by atoms with E-state index in [2.05, 4.69) is 4.98 Å². The molecule has 0 saturated carbocycles. The van der Waals surface area contributed by atoms with E-state index in [1.807, 2.05) is 20.8 Å². The second-order valence-electron chi connectivity index (χ2n) is 5.22. The van der Waals surface area contributed by atoms with E-state index in [1.165, 1.54) is 34.4 Å². The number of Topliss-reactive ketones (excluding diaryl/α,β-unsaturated/α-hetero) is 1. The Morgan fingerprint density at radius 1 is 1.33 bits per heavy atom. The summed E-state index contributed by atoms with van der Waals surface area (Å²) in [6.07, 6.45) is 0. The van der Waals surface area contributed by atoms with Gasteiger partial charge in [0, 0.05) is 11.4 Å². The standard InChI is InChI=1S/C16H15ClN2O2S3/c1-4-19-15(21)13-8(2)9(3)23-14(13)18-16(19)22-7-10(20)11-5-6-12(17)24-11/h5-6H,4,7H2,1-3H3. The van der Waals surface area contributed by atoms with Gasteiger partial charge in [0.2, 0.25) is 0 Å². The highest BCUT2D eigenvalue weighted by atomic mass is 35.5. The lowest BCUT2D eigenvalue weighted by Crippen LogP contribution is -2.22. The molecule has 3 aromatic heterocycles. The van der Waals surface area contributed by atoms with E-state index in [4.69, 9.17) is 11.6 Å². The summed E-state index contributed by atoms with van der Waals surface area (Å²) < 4.78 is 2.23. The van der Waals surface area contributed by atoms with Crippen LogP contribution in [0, 0.1) is 13.8 Å². The second kappa shape index (κ2) is 7.00. The monoisotopic (exact) mass is 398 g/mol. The van der Waals surface area contributed by atoms with Gasteiger partial charge in [0.15, 0.2) is 10.9 Å². The van der Waals surface area contributed by atoms with Crippen molar-refractivity contribution in [2.45, 2.75) is 32.5 Å². The maximum atomic E-state index is 12.7. The predicted molar refractivity (Wildman–Crippen MR) is 103 cm³/mol. The predicted octanol–water partition coefficient (Wildman–Crippen LogP) is 4.78. The zero-order valence-corrected chi connectivity index (χ0v) is 16.6. The van der Waals surface area contributed by atoms with Gasteiger partial charge in [-0.3, -0.25) is 14.2 Å². The molecule has 0 unspecified atom stereocenters. The normalized spacial score (nSPS) is 11.3. The van der Waals surface area contributed by atoms with Crippen molar-refractivity contribution in [1.82, 2.24) is 9.55 Å². The molecule has 8 heteroatoms. The number of aromatic nitrogens is 2. The van der Waals surface area contributed by atoms with Gasteiger partial charge in [0.25, 0.3) is 5.56 Å². The summed E-state index contributed by atoms with van der Waals surface area (Å²) in [6.45, 7) is 6.38. The number of ketones is 1. The van der Waals surface area contributed by atoms with E-state index in [-0.39, 0.29) is 17.1 Å². The molecule has 0 atom stereocenters. The van der Waals surface area contributed by atoms with Crippen molar-refractivity contribution in [3.8, 4) is 0 Å². The van der Waals surface area contributed by atoms with Crippen molar-refractivity contribution in [3.05, 3.63) is 42.1 Å². The van der Waals surface area contributed by atoms with E-state index < -0.39 is 0 Å². The lowest BCUT2D eigenvalue weighted by molar-refractivity contribution is 0.102. The van der Waals surface area contributed by atoms with Crippen LogP contribution < -0.4 is 5.56 Å². The van der Waals surface area contributed by atoms with Gasteiger partial charge >= 0.3 is 0 Å². The zero-order chi connectivity index (χ0) is 17.4. The molecule has 0 amide bonds. The Balaban J connectivity index is 1.94. The average Bonchev–Trinajstić information content (AvgIpc) is 3.09. The van der Waals surface area contributed by atoms with Crippen LogP contribution in [0.25, 0.3) is 10.2 Å². The fraction of sp³-hybridized carbons (Fsp3) is 0.312. The van der Waals surface area contributed by atoms with Crippen molar-refractivity contribution in [1.29, 1.82) is 0 Å². The zero-order valence-electron chi connectivity index (χ0n) is 13.4. The number of hydrogen-bond acceptors (Lipinski definition) is 6. The van der Waals surface area contributed by atoms with Crippen LogP contribution in [0.5, 0.6) is 0 Å². The number of hydrogen-bond donors (Lipinski definition) is 0. The van der Waals surface area contributed by atoms with Crippen molar-refractivity contribution < 1.29 is 4.79 Å². The van der Waals surface area contributed by atoms with Gasteiger partial charge in [-0.05, 0) is 38.5 Å². The molecule has 4 nitrogen and oxygen atoms in total. The first kappa shape index (κ1) is 17.7. The molecule has 0 aliphatic heterocycles. The van der Waals surface area contributed by atoms with Crippen LogP contribution in [0.4, 0.5) is 0 Å². The highest BCUT2D eigenvalue weighted by molar-refractivity contribution is 7.99. The summed E-state index contributed by atoms with van der Waals surface area (Å²) in [7, 11) is 0. The fourth-order valence-corrected chi connectivity index (χ4v) is 5.45. The molecular formula is C16H15ClN2O2S3. The molecule has 0 aliphatic rings. The van der Waals surface area contributed by atoms with Crippen LogP contribution in [0.2, 0.25) is 4.34 Å². The van der Waals surface area contributed by atoms with Crippen LogP contribution >= 0.6 is 46.0 Å². The third-order valence-electron chi connectivity index (χ3n) is 3.75. The Bertz CT molecular complexity index is 987. The Labute approximate surface area is 156 Å². The van der Waals surface area contributed by atoms with Gasteiger partial charge in [-0.15, -0.1) is 22.7 Å². The van der Waals surface area contributed by atoms with Gasteiger partial charge in [-0.2, -0.15) is 0 Å². The van der Waals surface area contributed by atoms with E-state index in [1.54, 1.807) is 16.7 Å². The first-order valence-electron chi connectivity index (χ1n) is 7.34. The van der Waals surface area contributed by atoms with Gasteiger partial charge in [-0.25, -0.2) is 4.98 Å². The number of rotatable bonds is 5. The van der Waals surface area contributed by atoms with Gasteiger partial charge in [0.1, 0.15) is 4.83 Å². The van der Waals surface area contributed by atoms with Gasteiger partial charge < -0.3 is 0 Å². The van der Waals surface area contributed by atoms with Crippen LogP contribution in [0.15, 0.2) is 22.1 Å². The maximum absolute atomic E-state index is 12.7. The fourth-order valence-electron chi connectivity index (χ4n) is 2.36. The lowest BCUT2D eigenvalue weighted by atomic mass is 10.2. The molecule has 3 rings (SSSR count). The Hall–Kier alpha value is -1.15. The largest absolute Gasteiger partial charge is 0.292 e. The minimum absolute atomic E-state index is 0.00700. The summed E-state index contributed by atoms with van der Waals surface area (Å²) in [4.78, 5) is 32.1. The van der Waals surface area contributed by atoms with Crippen LogP contribution in [0.1, 0.15) is 27.0 Å². The summed E-state index contributed by atoms with van der Waals surface area (Å²) in [6, 6.07) is 3.44. The van der Waals surface area contributed by atoms with Crippen molar-refractivity contribution in [2.24, 2.45) is 0 Å². The van der Waals surface area contributed by atoms with Crippen LogP contribution in [0.3, 0.4) is 0 Å². The molecule has 3 heterocycles. The average molecular weight is 399 g/mol. The van der Waals surface area contributed by atoms with E-state index in [0.29, 0.717) is 26.3 Å². The molecule has 0 radical (unpaired) electrons. The Morgan fingerprint density at radius 2 is 2.08 bits per heavy atom. The highest BCUT2D eigenvalue weighted by Crippen LogP contribution is 2.29. The van der Waals surface area contributed by atoms with Gasteiger partial charge in [-0.1, -0.05) is 23.4 Å². The van der Waals surface area contributed by atoms with Crippen molar-refractivity contribution in [2.75, 3.05) is 5.75 Å². The molecule has 0 N–H and O–H groups in total. The van der Waals surface area contributed by atoms with E-state index in [9.17, 15) is 9.59 Å². The minimum atomic E-state index is -0.0292. The molecule has 0 saturated heterocycles. The summed E-state index contributed by atoms with van der Waals surface area (Å²) in [5.74, 6) is 0.227. The van der Waals surface area contributed by atoms with Crippen LogP contribution in [-0.2, 0) is 6.54 Å². The summed E-state index contributed by atoms with van der Waals surface area (Å²) in [5, 5.41) is 1.28. The number of nitrogens with zero attached hydrogens (tertiary/aromatic N) is 2. The Morgan fingerprint density at radius 3 is 2.71 bits per heavy atom. The maximum Gasteiger partial charge on any atom is 0.263 e. The number of thioether (sulfide) groups is 1. The molecule has 0 fully saturated rings. The molecular weight excluding hydrogens is 384 g/mol. The van der Waals surface area contributed by atoms with Crippen molar-refractivity contribution in [3.63, 3.8) is 0 Å². The molecule has 0 spiro atoms. The summed E-state index contributed by atoms with van der Waals surface area (Å²) >= 11 is 9.97. The number of aryl methyl sites for hydroxylation is 2. The molecule has 0 aromatic carbocycles. The van der Waals surface area contributed by atoms with Gasteiger partial charge in [0.05, 0.1) is 20.4 Å². The molecule has 0 bridgehead atoms. The third-order valence-corrected chi connectivity index (χ3v) is 7.10. The number of halogens is 1. The molecule has 3 aromatic rings. The summed E-state index contributed by atoms with van der Waals surface area (Å²) in [5.41, 5.74) is 0.967. The first-order valence-corrected chi connectivity index (χ1v) is 10.3. The molecule has 24 heavy (non-hydrogen) atoms. The third kappa shape index (κ3) is 3.18. The number of thiophene rings is 2. The van der Waals surface area contributed by atoms with E-state index >= 15 is 0 Å². The Kier molecular flexibility index (Phi) is 5.15. The topological polar surface area (TPSA) is 52.0 Å². The van der Waals surface area contributed by atoms with Crippen LogP contribution in [-0.4, -0.2) is 21.1 Å². The highest BCUT2D eigenvalue weighted by Gasteiger charge is 2.17. The quantitative estimate of drug-likeness (QED) is 0.352. The number of carbonyl (C=O) groups is 1. The van der Waals surface area contributed by atoms with E-state index in [0.717, 1.165) is 15.3 Å². The number of fused-ring (bicyclic) bond motifs is 1. The number of carbonyl (C=O) groups excluding carboxylic acids is 1. The first-order chi connectivity index (χ1) is 11.4. The molecule has 126 valence electrons. The minimum Gasteiger partial charge on any atom is -0.292 e.